The third-order valence-electron chi connectivity index (χ3n) is 5.39. The number of nitrogens with zero attached hydrogens (tertiary/aromatic N) is 1. The number of hydrogen-bond acceptors (Lipinski definition) is 5. The van der Waals surface area contributed by atoms with Crippen molar-refractivity contribution in [2.24, 2.45) is 0 Å². The van der Waals surface area contributed by atoms with E-state index in [0.29, 0.717) is 35.3 Å². The molecule has 0 bridgehead atoms. The van der Waals surface area contributed by atoms with Gasteiger partial charge < -0.3 is 24.4 Å². The largest absolute Gasteiger partial charge is 0.494 e. The van der Waals surface area contributed by atoms with E-state index in [1.54, 1.807) is 35.2 Å². The Morgan fingerprint density at radius 3 is 2.49 bits per heavy atom. The minimum absolute atomic E-state index is 0.00317. The summed E-state index contributed by atoms with van der Waals surface area (Å²) in [6.07, 6.45) is 1.74. The normalized spacial score (nSPS) is 12.5. The van der Waals surface area contributed by atoms with Crippen LogP contribution in [-0.2, 0) is 9.59 Å². The molecule has 0 aliphatic carbocycles. The molecule has 1 N–H and O–H groups in total. The van der Waals surface area contributed by atoms with E-state index in [1.807, 2.05) is 42.5 Å². The number of ether oxygens (including phenoxy) is 3. The first-order valence-electron chi connectivity index (χ1n) is 11.5. The predicted molar refractivity (Wildman–Crippen MR) is 136 cm³/mol. The molecule has 0 atom stereocenters. The zero-order valence-corrected chi connectivity index (χ0v) is 20.0. The molecular formula is C27H27ClN2O5. The third kappa shape index (κ3) is 7.13. The predicted octanol–water partition coefficient (Wildman–Crippen LogP) is 5.33. The van der Waals surface area contributed by atoms with E-state index in [2.05, 4.69) is 5.32 Å². The van der Waals surface area contributed by atoms with Crippen LogP contribution in [0.5, 0.6) is 17.2 Å². The first-order chi connectivity index (χ1) is 17.1. The summed E-state index contributed by atoms with van der Waals surface area (Å²) in [7, 11) is 0. The second-order valence-electron chi connectivity index (χ2n) is 7.99. The van der Waals surface area contributed by atoms with Crippen molar-refractivity contribution < 1.29 is 23.8 Å². The van der Waals surface area contributed by atoms with Crippen molar-refractivity contribution in [3.8, 4) is 17.2 Å². The van der Waals surface area contributed by atoms with E-state index < -0.39 is 0 Å². The Hall–Kier alpha value is -3.71. The Kier molecular flexibility index (Phi) is 8.46. The molecule has 7 nitrogen and oxygen atoms in total. The van der Waals surface area contributed by atoms with Crippen LogP contribution in [0.4, 0.5) is 11.4 Å². The molecule has 1 aliphatic rings. The summed E-state index contributed by atoms with van der Waals surface area (Å²) in [5.41, 5.74) is 1.25. The molecule has 2 amide bonds. The minimum Gasteiger partial charge on any atom is -0.494 e. The van der Waals surface area contributed by atoms with Crippen LogP contribution >= 0.6 is 11.6 Å². The lowest BCUT2D eigenvalue weighted by atomic mass is 10.2. The van der Waals surface area contributed by atoms with Gasteiger partial charge in [0, 0.05) is 17.3 Å². The van der Waals surface area contributed by atoms with Gasteiger partial charge >= 0.3 is 0 Å². The Balaban J connectivity index is 1.27. The monoisotopic (exact) mass is 494 g/mol. The number of unbranched alkanes of at least 4 members (excludes halogenated alkanes) is 1. The highest BCUT2D eigenvalue weighted by atomic mass is 35.5. The van der Waals surface area contributed by atoms with Crippen molar-refractivity contribution in [3.05, 3.63) is 77.8 Å². The average Bonchev–Trinajstić information content (AvgIpc) is 2.87. The highest BCUT2D eigenvalue weighted by Crippen LogP contribution is 2.35. The van der Waals surface area contributed by atoms with Gasteiger partial charge in [-0.2, -0.15) is 0 Å². The van der Waals surface area contributed by atoms with Gasteiger partial charge in [-0.25, -0.2) is 0 Å². The van der Waals surface area contributed by atoms with Gasteiger partial charge in [-0.05, 0) is 67.4 Å². The fourth-order valence-electron chi connectivity index (χ4n) is 3.62. The molecule has 1 heterocycles. The Morgan fingerprint density at radius 2 is 1.69 bits per heavy atom. The lowest BCUT2D eigenvalue weighted by Crippen LogP contribution is -2.39. The van der Waals surface area contributed by atoms with Crippen LogP contribution in [0.1, 0.15) is 19.3 Å². The van der Waals surface area contributed by atoms with E-state index in [9.17, 15) is 9.59 Å². The lowest BCUT2D eigenvalue weighted by molar-refractivity contribution is -0.121. The number of fused-ring (bicyclic) bond motifs is 1. The number of nitrogens with one attached hydrogen (secondary N) is 1. The molecule has 0 fully saturated rings. The second-order valence-corrected chi connectivity index (χ2v) is 8.42. The summed E-state index contributed by atoms with van der Waals surface area (Å²) < 4.78 is 16.9. The Morgan fingerprint density at radius 1 is 0.943 bits per heavy atom. The zero-order valence-electron chi connectivity index (χ0n) is 19.2. The number of para-hydroxylation sites is 1. The number of carbonyl (C=O) groups excluding carboxylic acids is 2. The third-order valence-corrected chi connectivity index (χ3v) is 5.64. The number of benzene rings is 3. The maximum absolute atomic E-state index is 12.5. The number of amides is 2. The van der Waals surface area contributed by atoms with Gasteiger partial charge in [-0.3, -0.25) is 9.59 Å². The maximum atomic E-state index is 12.5. The van der Waals surface area contributed by atoms with Crippen molar-refractivity contribution in [1.29, 1.82) is 0 Å². The van der Waals surface area contributed by atoms with E-state index in [-0.39, 0.29) is 31.4 Å². The first-order valence-corrected chi connectivity index (χ1v) is 11.9. The molecule has 35 heavy (non-hydrogen) atoms. The number of rotatable bonds is 11. The van der Waals surface area contributed by atoms with Crippen molar-refractivity contribution in [2.75, 3.05) is 36.6 Å². The molecule has 0 unspecified atom stereocenters. The molecule has 3 aromatic rings. The van der Waals surface area contributed by atoms with Gasteiger partial charge in [0.05, 0.1) is 25.3 Å². The van der Waals surface area contributed by atoms with Crippen molar-refractivity contribution in [1.82, 2.24) is 0 Å². The van der Waals surface area contributed by atoms with E-state index in [4.69, 9.17) is 25.8 Å². The summed E-state index contributed by atoms with van der Waals surface area (Å²) >= 11 is 5.89. The second kappa shape index (κ2) is 12.1. The highest BCUT2D eigenvalue weighted by molar-refractivity contribution is 6.30. The van der Waals surface area contributed by atoms with Gasteiger partial charge in [-0.1, -0.05) is 29.8 Å². The topological polar surface area (TPSA) is 77.1 Å². The molecule has 0 radical (unpaired) electrons. The van der Waals surface area contributed by atoms with Crippen LogP contribution in [0.2, 0.25) is 5.02 Å². The highest BCUT2D eigenvalue weighted by Gasteiger charge is 2.25. The quantitative estimate of drug-likeness (QED) is 0.364. The molecule has 3 aromatic carbocycles. The molecular weight excluding hydrogens is 468 g/mol. The number of carbonyl (C=O) groups is 2. The van der Waals surface area contributed by atoms with Crippen LogP contribution < -0.4 is 24.4 Å². The molecule has 4 rings (SSSR count). The van der Waals surface area contributed by atoms with Crippen molar-refractivity contribution in [2.45, 2.75) is 19.3 Å². The minimum atomic E-state index is -0.171. The zero-order chi connectivity index (χ0) is 24.5. The van der Waals surface area contributed by atoms with Gasteiger partial charge in [0.1, 0.15) is 17.2 Å². The van der Waals surface area contributed by atoms with Crippen molar-refractivity contribution >= 4 is 34.8 Å². The summed E-state index contributed by atoms with van der Waals surface area (Å²) in [6, 6.07) is 21.9. The lowest BCUT2D eigenvalue weighted by Gasteiger charge is -2.30. The standard InChI is InChI=1S/C27H27ClN2O5/c28-20-8-11-23(12-9-20)33-16-5-4-15-30-24-18-21(10-13-25(24)35-19-27(30)32)29-26(31)14-17-34-22-6-2-1-3-7-22/h1-3,6-13,18H,4-5,14-17,19H2,(H,29,31). The summed E-state index contributed by atoms with van der Waals surface area (Å²) in [5.74, 6) is 1.81. The van der Waals surface area contributed by atoms with Crippen LogP contribution in [-0.4, -0.2) is 38.2 Å². The number of anilines is 2. The van der Waals surface area contributed by atoms with Crippen LogP contribution in [0.15, 0.2) is 72.8 Å². The number of hydrogen-bond donors (Lipinski definition) is 1. The summed E-state index contributed by atoms with van der Waals surface area (Å²) in [5, 5.41) is 3.54. The molecule has 0 saturated carbocycles. The fraction of sp³-hybridized carbons (Fsp3) is 0.259. The SMILES string of the molecule is O=C(CCOc1ccccc1)Nc1ccc2c(c1)N(CCCCOc1ccc(Cl)cc1)C(=O)CO2. The van der Waals surface area contributed by atoms with Crippen LogP contribution in [0.25, 0.3) is 0 Å². The molecule has 182 valence electrons. The van der Waals surface area contributed by atoms with Crippen molar-refractivity contribution in [3.63, 3.8) is 0 Å². The average molecular weight is 495 g/mol. The van der Waals surface area contributed by atoms with Gasteiger partial charge in [-0.15, -0.1) is 0 Å². The van der Waals surface area contributed by atoms with Crippen LogP contribution in [0.3, 0.4) is 0 Å². The molecule has 1 aliphatic heterocycles. The summed E-state index contributed by atoms with van der Waals surface area (Å²) in [4.78, 5) is 26.6. The van der Waals surface area contributed by atoms with Crippen LogP contribution in [0, 0.1) is 0 Å². The molecule has 0 saturated heterocycles. The summed E-state index contributed by atoms with van der Waals surface area (Å²) in [6.45, 7) is 1.33. The molecule has 0 spiro atoms. The van der Waals surface area contributed by atoms with Gasteiger partial charge in [0.25, 0.3) is 5.91 Å². The van der Waals surface area contributed by atoms with E-state index in [0.717, 1.165) is 24.3 Å². The smallest absolute Gasteiger partial charge is 0.265 e. The van der Waals surface area contributed by atoms with Gasteiger partial charge in [0.15, 0.2) is 6.61 Å². The maximum Gasteiger partial charge on any atom is 0.265 e. The first kappa shape index (κ1) is 24.4. The molecule has 0 aromatic heterocycles. The fourth-order valence-corrected chi connectivity index (χ4v) is 3.75. The molecule has 8 heteroatoms. The van der Waals surface area contributed by atoms with Gasteiger partial charge in [0.2, 0.25) is 5.91 Å². The number of halogens is 1. The van der Waals surface area contributed by atoms with E-state index in [1.165, 1.54) is 0 Å². The Labute approximate surface area is 209 Å². The Bertz CT molecular complexity index is 1140. The van der Waals surface area contributed by atoms with E-state index >= 15 is 0 Å².